The number of hydrogen-bond donors (Lipinski definition) is 4. The average Bonchev–Trinajstić information content (AvgIpc) is 2.73. The van der Waals surface area contributed by atoms with Crippen molar-refractivity contribution in [1.82, 2.24) is 0 Å². The zero-order valence-electron chi connectivity index (χ0n) is 15.3. The van der Waals surface area contributed by atoms with Crippen LogP contribution < -0.4 is 10.7 Å². The molecule has 4 N–H and O–H groups in total. The molecule has 0 aliphatic carbocycles. The molecule has 0 radical (unpaired) electrons. The van der Waals surface area contributed by atoms with E-state index in [1.54, 1.807) is 12.1 Å². The lowest BCUT2D eigenvalue weighted by atomic mass is 9.99. The van der Waals surface area contributed by atoms with Gasteiger partial charge in [0.05, 0.1) is 17.5 Å². The monoisotopic (exact) mass is 377 g/mol. The first kappa shape index (κ1) is 19.7. The summed E-state index contributed by atoms with van der Waals surface area (Å²) >= 11 is 0. The van der Waals surface area contributed by atoms with E-state index in [2.05, 4.69) is 10.5 Å². The van der Waals surface area contributed by atoms with Crippen LogP contribution in [0.3, 0.4) is 0 Å². The van der Waals surface area contributed by atoms with Crippen LogP contribution in [0.2, 0.25) is 0 Å². The van der Waals surface area contributed by atoms with Crippen LogP contribution in [0.5, 0.6) is 0 Å². The summed E-state index contributed by atoms with van der Waals surface area (Å²) in [6.07, 6.45) is 0.231. The molecule has 6 nitrogen and oxygen atoms in total. The molecule has 0 aliphatic rings. The molecule has 0 heterocycles. The van der Waals surface area contributed by atoms with Crippen molar-refractivity contribution in [3.63, 3.8) is 0 Å². The zero-order valence-corrected chi connectivity index (χ0v) is 15.3. The van der Waals surface area contributed by atoms with Gasteiger partial charge in [-0.1, -0.05) is 60.7 Å². The van der Waals surface area contributed by atoms with Crippen molar-refractivity contribution in [3.05, 3.63) is 101 Å². The molecule has 3 aromatic rings. The fourth-order valence-corrected chi connectivity index (χ4v) is 2.82. The molecule has 2 atom stereocenters. The predicted molar refractivity (Wildman–Crippen MR) is 110 cm³/mol. The minimum atomic E-state index is -0.974. The van der Waals surface area contributed by atoms with E-state index >= 15 is 0 Å². The SMILES string of the molecule is [O-][NH+](O)c1ccc(NN=C(Cc2ccccc2)[C@H](O)Cc2ccccc2)cc1. The van der Waals surface area contributed by atoms with Gasteiger partial charge in [-0.05, 0) is 23.3 Å². The van der Waals surface area contributed by atoms with Gasteiger partial charge in [-0.3, -0.25) is 5.43 Å². The Bertz CT molecular complexity index is 882. The van der Waals surface area contributed by atoms with Crippen LogP contribution in [0.25, 0.3) is 0 Å². The molecule has 0 saturated heterocycles. The number of nitrogens with zero attached hydrogens (tertiary/aromatic N) is 1. The van der Waals surface area contributed by atoms with E-state index in [0.29, 0.717) is 24.2 Å². The standard InChI is InChI=1S/C22H23N3O3/c26-22(16-18-9-5-2-6-10-18)21(15-17-7-3-1-4-8-17)24-23-19-11-13-20(14-12-19)25(27)28/h1-14,22-23,25-27H,15-16H2/t22-/m1/s1. The first-order valence-electron chi connectivity index (χ1n) is 9.03. The first-order valence-corrected chi connectivity index (χ1v) is 9.03. The summed E-state index contributed by atoms with van der Waals surface area (Å²) in [5.41, 5.74) is 6.49. The fraction of sp³-hybridized carbons (Fsp3) is 0.136. The maximum Gasteiger partial charge on any atom is 0.163 e. The molecule has 0 amide bonds. The summed E-state index contributed by atoms with van der Waals surface area (Å²) in [7, 11) is 0. The topological polar surface area (TPSA) is 92.4 Å². The second-order valence-electron chi connectivity index (χ2n) is 6.47. The number of hydrogen-bond acceptors (Lipinski definition) is 5. The van der Waals surface area contributed by atoms with Gasteiger partial charge in [0.15, 0.2) is 5.69 Å². The van der Waals surface area contributed by atoms with Crippen molar-refractivity contribution in [3.8, 4) is 0 Å². The third-order valence-corrected chi connectivity index (χ3v) is 4.35. The molecule has 0 spiro atoms. The van der Waals surface area contributed by atoms with E-state index < -0.39 is 11.3 Å². The number of hydrazone groups is 1. The molecule has 0 bridgehead atoms. The third-order valence-electron chi connectivity index (χ3n) is 4.35. The van der Waals surface area contributed by atoms with Gasteiger partial charge in [0, 0.05) is 25.0 Å². The van der Waals surface area contributed by atoms with E-state index in [1.807, 2.05) is 60.7 Å². The lowest BCUT2D eigenvalue weighted by Crippen LogP contribution is -2.99. The van der Waals surface area contributed by atoms with Crippen LogP contribution in [0.15, 0.2) is 90.0 Å². The predicted octanol–water partition coefficient (Wildman–Crippen LogP) is 2.70. The Balaban J connectivity index is 1.77. The van der Waals surface area contributed by atoms with Gasteiger partial charge in [0.1, 0.15) is 0 Å². The summed E-state index contributed by atoms with van der Waals surface area (Å²) in [5, 5.41) is 34.2. The van der Waals surface area contributed by atoms with Crippen LogP contribution in [0.1, 0.15) is 11.1 Å². The highest BCUT2D eigenvalue weighted by Crippen LogP contribution is 2.13. The number of anilines is 1. The van der Waals surface area contributed by atoms with Crippen molar-refractivity contribution in [2.75, 3.05) is 5.43 Å². The third kappa shape index (κ3) is 5.73. The Hall–Kier alpha value is -3.03. The quantitative estimate of drug-likeness (QED) is 0.359. The molecule has 3 aromatic carbocycles. The molecular formula is C22H23N3O3. The summed E-state index contributed by atoms with van der Waals surface area (Å²) in [5.74, 6) is 0. The van der Waals surface area contributed by atoms with Gasteiger partial charge >= 0.3 is 0 Å². The highest BCUT2D eigenvalue weighted by atomic mass is 16.8. The van der Waals surface area contributed by atoms with Crippen LogP contribution in [0, 0.1) is 5.21 Å². The Labute approximate surface area is 163 Å². The van der Waals surface area contributed by atoms with Crippen molar-refractivity contribution in [2.45, 2.75) is 18.9 Å². The van der Waals surface area contributed by atoms with Gasteiger partial charge in [0.25, 0.3) is 0 Å². The van der Waals surface area contributed by atoms with Crippen LogP contribution in [-0.2, 0) is 12.8 Å². The lowest BCUT2D eigenvalue weighted by Gasteiger charge is -2.15. The van der Waals surface area contributed by atoms with E-state index in [-0.39, 0.29) is 5.69 Å². The van der Waals surface area contributed by atoms with Crippen LogP contribution >= 0.6 is 0 Å². The van der Waals surface area contributed by atoms with Gasteiger partial charge in [-0.15, -0.1) is 0 Å². The summed E-state index contributed by atoms with van der Waals surface area (Å²) in [6, 6.07) is 25.9. The fourth-order valence-electron chi connectivity index (χ4n) is 2.82. The first-order chi connectivity index (χ1) is 13.6. The largest absolute Gasteiger partial charge is 0.595 e. The lowest BCUT2D eigenvalue weighted by molar-refractivity contribution is -0.991. The highest BCUT2D eigenvalue weighted by molar-refractivity contribution is 5.91. The number of benzene rings is 3. The van der Waals surface area contributed by atoms with Crippen LogP contribution in [-0.4, -0.2) is 22.1 Å². The van der Waals surface area contributed by atoms with E-state index in [0.717, 1.165) is 11.1 Å². The van der Waals surface area contributed by atoms with E-state index in [9.17, 15) is 10.3 Å². The Morgan fingerprint density at radius 3 is 2.04 bits per heavy atom. The maximum absolute atomic E-state index is 11.0. The average molecular weight is 377 g/mol. The number of nitrogens with one attached hydrogen (secondary N) is 2. The molecule has 6 heteroatoms. The molecule has 0 saturated carbocycles. The van der Waals surface area contributed by atoms with E-state index in [1.165, 1.54) is 12.1 Å². The van der Waals surface area contributed by atoms with Gasteiger partial charge in [-0.2, -0.15) is 10.3 Å². The molecule has 144 valence electrons. The van der Waals surface area contributed by atoms with E-state index in [4.69, 9.17) is 5.21 Å². The van der Waals surface area contributed by atoms with Crippen LogP contribution in [0.4, 0.5) is 11.4 Å². The maximum atomic E-state index is 11.0. The number of quaternary nitrogens is 1. The second kappa shape index (κ2) is 9.77. The molecule has 0 aliphatic heterocycles. The molecule has 0 fully saturated rings. The number of rotatable bonds is 8. The van der Waals surface area contributed by atoms with Crippen molar-refractivity contribution >= 4 is 17.1 Å². The summed E-state index contributed by atoms with van der Waals surface area (Å²) < 4.78 is 0. The number of aliphatic hydroxyl groups excluding tert-OH is 1. The van der Waals surface area contributed by atoms with Crippen molar-refractivity contribution in [2.24, 2.45) is 5.10 Å². The van der Waals surface area contributed by atoms with Gasteiger partial charge < -0.3 is 10.3 Å². The summed E-state index contributed by atoms with van der Waals surface area (Å²) in [6.45, 7) is 0. The normalized spacial score (nSPS) is 13.8. The minimum absolute atomic E-state index is 0.211. The zero-order chi connectivity index (χ0) is 19.8. The van der Waals surface area contributed by atoms with Gasteiger partial charge in [-0.25, -0.2) is 5.21 Å². The van der Waals surface area contributed by atoms with Crippen molar-refractivity contribution in [1.29, 1.82) is 0 Å². The van der Waals surface area contributed by atoms with Crippen molar-refractivity contribution < 1.29 is 15.5 Å². The Kier molecular flexibility index (Phi) is 6.89. The molecular weight excluding hydrogens is 354 g/mol. The Morgan fingerprint density at radius 2 is 1.46 bits per heavy atom. The Morgan fingerprint density at radius 1 is 0.893 bits per heavy atom. The number of aliphatic hydroxyl groups is 1. The summed E-state index contributed by atoms with van der Waals surface area (Å²) in [4.78, 5) is 0. The highest BCUT2D eigenvalue weighted by Gasteiger charge is 2.15. The molecule has 3 rings (SSSR count). The molecule has 0 aromatic heterocycles. The minimum Gasteiger partial charge on any atom is -0.595 e. The van der Waals surface area contributed by atoms with Gasteiger partial charge in [0.2, 0.25) is 0 Å². The second-order valence-corrected chi connectivity index (χ2v) is 6.47. The molecule has 28 heavy (non-hydrogen) atoms. The smallest absolute Gasteiger partial charge is 0.163 e. The molecule has 1 unspecified atom stereocenters.